The number of hydrogen-bond donors (Lipinski definition) is 1. The summed E-state index contributed by atoms with van der Waals surface area (Å²) in [6.45, 7) is 4.79. The lowest BCUT2D eigenvalue weighted by Crippen LogP contribution is -2.11. The second kappa shape index (κ2) is 5.41. The standard InChI is InChI=1S/C17H22N2O/c1-3-19-16(10-12(2)18-19)17(20)15-9-5-8-14(11-15)13-6-4-7-13/h5,8-11,13,17,20H,3-4,6-7H2,1-2H3. The Balaban J connectivity index is 1.91. The fraction of sp³-hybridized carbons (Fsp3) is 0.471. The predicted octanol–water partition coefficient (Wildman–Crippen LogP) is 3.56. The first kappa shape index (κ1) is 13.4. The van der Waals surface area contributed by atoms with E-state index in [1.807, 2.05) is 30.7 Å². The summed E-state index contributed by atoms with van der Waals surface area (Å²) >= 11 is 0. The van der Waals surface area contributed by atoms with Crippen LogP contribution >= 0.6 is 0 Å². The zero-order valence-electron chi connectivity index (χ0n) is 12.2. The van der Waals surface area contributed by atoms with E-state index in [0.717, 1.165) is 23.5 Å². The first-order valence-corrected chi connectivity index (χ1v) is 7.51. The molecular formula is C17H22N2O. The highest BCUT2D eigenvalue weighted by Gasteiger charge is 2.21. The first-order valence-electron chi connectivity index (χ1n) is 7.51. The van der Waals surface area contributed by atoms with Gasteiger partial charge in [0.1, 0.15) is 6.10 Å². The molecule has 1 aromatic heterocycles. The Morgan fingerprint density at radius 2 is 2.15 bits per heavy atom. The lowest BCUT2D eigenvalue weighted by atomic mass is 9.79. The van der Waals surface area contributed by atoms with Crippen molar-refractivity contribution in [3.63, 3.8) is 0 Å². The average molecular weight is 270 g/mol. The van der Waals surface area contributed by atoms with E-state index in [2.05, 4.69) is 23.3 Å². The number of aromatic nitrogens is 2. The zero-order chi connectivity index (χ0) is 14.1. The van der Waals surface area contributed by atoms with Gasteiger partial charge in [-0.2, -0.15) is 5.10 Å². The van der Waals surface area contributed by atoms with Gasteiger partial charge in [-0.3, -0.25) is 4.68 Å². The van der Waals surface area contributed by atoms with Crippen LogP contribution in [-0.4, -0.2) is 14.9 Å². The second-order valence-electron chi connectivity index (χ2n) is 5.73. The summed E-state index contributed by atoms with van der Waals surface area (Å²) in [6, 6.07) is 10.4. The van der Waals surface area contributed by atoms with Gasteiger partial charge in [-0.25, -0.2) is 0 Å². The molecule has 0 saturated heterocycles. The Morgan fingerprint density at radius 3 is 2.80 bits per heavy atom. The third-order valence-electron chi connectivity index (χ3n) is 4.32. The molecule has 1 saturated carbocycles. The van der Waals surface area contributed by atoms with Crippen LogP contribution in [0.1, 0.15) is 60.7 Å². The van der Waals surface area contributed by atoms with E-state index in [1.165, 1.54) is 24.8 Å². The highest BCUT2D eigenvalue weighted by Crippen LogP contribution is 2.37. The Labute approximate surface area is 120 Å². The molecule has 1 aliphatic carbocycles. The van der Waals surface area contributed by atoms with Crippen LogP contribution in [-0.2, 0) is 6.54 Å². The Morgan fingerprint density at radius 1 is 1.35 bits per heavy atom. The van der Waals surface area contributed by atoms with Gasteiger partial charge < -0.3 is 5.11 Å². The monoisotopic (exact) mass is 270 g/mol. The lowest BCUT2D eigenvalue weighted by molar-refractivity contribution is 0.208. The zero-order valence-corrected chi connectivity index (χ0v) is 12.2. The molecule has 0 spiro atoms. The summed E-state index contributed by atoms with van der Waals surface area (Å²) in [5.74, 6) is 0.694. The molecule has 0 amide bonds. The molecule has 0 aliphatic heterocycles. The molecule has 0 bridgehead atoms. The third-order valence-corrected chi connectivity index (χ3v) is 4.32. The van der Waals surface area contributed by atoms with E-state index < -0.39 is 6.10 Å². The van der Waals surface area contributed by atoms with Crippen molar-refractivity contribution in [1.82, 2.24) is 9.78 Å². The highest BCUT2D eigenvalue weighted by atomic mass is 16.3. The van der Waals surface area contributed by atoms with E-state index in [0.29, 0.717) is 5.92 Å². The highest BCUT2D eigenvalue weighted by molar-refractivity contribution is 5.33. The molecule has 1 unspecified atom stereocenters. The number of hydrogen-bond acceptors (Lipinski definition) is 2. The lowest BCUT2D eigenvalue weighted by Gasteiger charge is -2.26. The van der Waals surface area contributed by atoms with Gasteiger partial charge in [-0.1, -0.05) is 30.7 Å². The fourth-order valence-corrected chi connectivity index (χ4v) is 2.93. The smallest absolute Gasteiger partial charge is 0.121 e. The minimum atomic E-state index is -0.587. The summed E-state index contributed by atoms with van der Waals surface area (Å²) in [6.07, 6.45) is 3.31. The molecule has 3 rings (SSSR count). The molecule has 2 aromatic rings. The average Bonchev–Trinajstić information content (AvgIpc) is 2.77. The van der Waals surface area contributed by atoms with Crippen LogP contribution in [0.15, 0.2) is 30.3 Å². The molecule has 20 heavy (non-hydrogen) atoms. The summed E-state index contributed by atoms with van der Waals surface area (Å²) in [5.41, 5.74) is 4.18. The third kappa shape index (κ3) is 2.38. The number of nitrogens with zero attached hydrogens (tertiary/aromatic N) is 2. The number of aryl methyl sites for hydroxylation is 2. The van der Waals surface area contributed by atoms with E-state index >= 15 is 0 Å². The van der Waals surface area contributed by atoms with Crippen molar-refractivity contribution in [3.8, 4) is 0 Å². The first-order chi connectivity index (χ1) is 9.69. The summed E-state index contributed by atoms with van der Waals surface area (Å²) in [4.78, 5) is 0. The van der Waals surface area contributed by atoms with Crippen molar-refractivity contribution in [2.24, 2.45) is 0 Å². The maximum absolute atomic E-state index is 10.7. The Bertz CT molecular complexity index is 599. The van der Waals surface area contributed by atoms with Crippen LogP contribution in [0.3, 0.4) is 0 Å². The summed E-state index contributed by atoms with van der Waals surface area (Å²) < 4.78 is 1.88. The van der Waals surface area contributed by atoms with Gasteiger partial charge in [0.2, 0.25) is 0 Å². The van der Waals surface area contributed by atoms with Crippen LogP contribution in [0.25, 0.3) is 0 Å². The number of aliphatic hydroxyl groups is 1. The molecule has 1 aromatic carbocycles. The van der Waals surface area contributed by atoms with E-state index in [9.17, 15) is 5.11 Å². The molecule has 1 atom stereocenters. The van der Waals surface area contributed by atoms with Crippen LogP contribution in [0.2, 0.25) is 0 Å². The van der Waals surface area contributed by atoms with Crippen LogP contribution in [0.4, 0.5) is 0 Å². The van der Waals surface area contributed by atoms with Gasteiger partial charge in [0.05, 0.1) is 11.4 Å². The van der Waals surface area contributed by atoms with Crippen molar-refractivity contribution >= 4 is 0 Å². The van der Waals surface area contributed by atoms with E-state index in [4.69, 9.17) is 0 Å². The molecule has 1 N–H and O–H groups in total. The van der Waals surface area contributed by atoms with Crippen molar-refractivity contribution < 1.29 is 5.11 Å². The number of benzene rings is 1. The minimum Gasteiger partial charge on any atom is -0.382 e. The number of aliphatic hydroxyl groups excluding tert-OH is 1. The van der Waals surface area contributed by atoms with Gasteiger partial charge in [-0.15, -0.1) is 0 Å². The molecular weight excluding hydrogens is 248 g/mol. The summed E-state index contributed by atoms with van der Waals surface area (Å²) in [5, 5.41) is 15.1. The number of rotatable bonds is 4. The van der Waals surface area contributed by atoms with Crippen LogP contribution in [0, 0.1) is 6.92 Å². The van der Waals surface area contributed by atoms with Gasteiger partial charge in [0.25, 0.3) is 0 Å². The molecule has 0 radical (unpaired) electrons. The Kier molecular flexibility index (Phi) is 3.62. The van der Waals surface area contributed by atoms with Crippen molar-refractivity contribution in [2.45, 2.75) is 51.7 Å². The molecule has 1 fully saturated rings. The Hall–Kier alpha value is -1.61. The summed E-state index contributed by atoms with van der Waals surface area (Å²) in [7, 11) is 0. The molecule has 3 heteroatoms. The molecule has 1 aliphatic rings. The minimum absolute atomic E-state index is 0.587. The normalized spacial score (nSPS) is 16.9. The van der Waals surface area contributed by atoms with Crippen molar-refractivity contribution in [3.05, 3.63) is 52.8 Å². The van der Waals surface area contributed by atoms with Crippen molar-refractivity contribution in [1.29, 1.82) is 0 Å². The van der Waals surface area contributed by atoms with Gasteiger partial charge in [0, 0.05) is 6.54 Å². The molecule has 106 valence electrons. The fourth-order valence-electron chi connectivity index (χ4n) is 2.93. The molecule has 3 nitrogen and oxygen atoms in total. The van der Waals surface area contributed by atoms with Gasteiger partial charge in [0.15, 0.2) is 0 Å². The SMILES string of the molecule is CCn1nc(C)cc1C(O)c1cccc(C2CCC2)c1. The van der Waals surface area contributed by atoms with Crippen molar-refractivity contribution in [2.75, 3.05) is 0 Å². The second-order valence-corrected chi connectivity index (χ2v) is 5.73. The quantitative estimate of drug-likeness (QED) is 0.922. The maximum Gasteiger partial charge on any atom is 0.121 e. The van der Waals surface area contributed by atoms with E-state index in [1.54, 1.807) is 0 Å². The predicted molar refractivity (Wildman–Crippen MR) is 79.7 cm³/mol. The van der Waals surface area contributed by atoms with E-state index in [-0.39, 0.29) is 0 Å². The maximum atomic E-state index is 10.7. The van der Waals surface area contributed by atoms with Crippen LogP contribution in [0.5, 0.6) is 0 Å². The van der Waals surface area contributed by atoms with Gasteiger partial charge in [-0.05, 0) is 49.8 Å². The topological polar surface area (TPSA) is 38.0 Å². The van der Waals surface area contributed by atoms with Crippen LogP contribution < -0.4 is 0 Å². The largest absolute Gasteiger partial charge is 0.382 e. The van der Waals surface area contributed by atoms with Gasteiger partial charge >= 0.3 is 0 Å². The molecule has 1 heterocycles.